The number of pyridine rings is 1. The van der Waals surface area contributed by atoms with E-state index in [-0.39, 0.29) is 23.9 Å². The molecule has 1 aromatic carbocycles. The first-order valence-corrected chi connectivity index (χ1v) is 7.33. The highest BCUT2D eigenvalue weighted by Crippen LogP contribution is 2.16. The van der Waals surface area contributed by atoms with Crippen molar-refractivity contribution in [1.29, 1.82) is 0 Å². The number of amides is 1. The molecule has 1 unspecified atom stereocenters. The van der Waals surface area contributed by atoms with E-state index >= 15 is 0 Å². The number of hydrogen-bond donors (Lipinski definition) is 2. The topological polar surface area (TPSA) is 77.1 Å². The summed E-state index contributed by atoms with van der Waals surface area (Å²) in [6, 6.07) is 10.1. The molecule has 3 N–H and O–H groups in total. The molecule has 6 heteroatoms. The molecule has 0 saturated carbocycles. The van der Waals surface area contributed by atoms with Crippen LogP contribution in [0.25, 0.3) is 0 Å². The van der Waals surface area contributed by atoms with Crippen LogP contribution in [0.1, 0.15) is 18.9 Å². The molecule has 0 radical (unpaired) electrons. The van der Waals surface area contributed by atoms with Crippen LogP contribution in [0.4, 0.5) is 5.69 Å². The Balaban J connectivity index is 2.19. The fraction of sp³-hybridized carbons (Fsp3) is 0.250. The summed E-state index contributed by atoms with van der Waals surface area (Å²) in [5, 5.41) is 3.33. The van der Waals surface area contributed by atoms with Gasteiger partial charge in [0.1, 0.15) is 0 Å². The molecule has 0 aliphatic heterocycles. The van der Waals surface area contributed by atoms with Crippen LogP contribution in [-0.4, -0.2) is 16.5 Å². The van der Waals surface area contributed by atoms with Gasteiger partial charge in [-0.2, -0.15) is 0 Å². The number of nitrogens with two attached hydrogens (primary N) is 1. The summed E-state index contributed by atoms with van der Waals surface area (Å²) in [7, 11) is 0. The second-order valence-corrected chi connectivity index (χ2v) is 5.61. The van der Waals surface area contributed by atoms with Crippen LogP contribution in [0.2, 0.25) is 5.02 Å². The van der Waals surface area contributed by atoms with Gasteiger partial charge in [0.05, 0.1) is 12.2 Å². The Labute approximate surface area is 133 Å². The zero-order chi connectivity index (χ0) is 16.1. The van der Waals surface area contributed by atoms with Gasteiger partial charge in [-0.3, -0.25) is 9.59 Å². The van der Waals surface area contributed by atoms with E-state index in [0.29, 0.717) is 17.3 Å². The molecule has 0 aliphatic rings. The van der Waals surface area contributed by atoms with Gasteiger partial charge >= 0.3 is 0 Å². The summed E-state index contributed by atoms with van der Waals surface area (Å²) in [5.74, 6) is -0.182. The summed E-state index contributed by atoms with van der Waals surface area (Å²) >= 11 is 6.11. The van der Waals surface area contributed by atoms with Crippen LogP contribution in [-0.2, 0) is 11.3 Å². The molecular formula is C16H18ClN3O2. The maximum absolute atomic E-state index is 11.9. The van der Waals surface area contributed by atoms with Gasteiger partial charge in [-0.25, -0.2) is 0 Å². The molecule has 22 heavy (non-hydrogen) atoms. The van der Waals surface area contributed by atoms with Gasteiger partial charge in [0.15, 0.2) is 0 Å². The van der Waals surface area contributed by atoms with E-state index in [1.165, 1.54) is 10.6 Å². The summed E-state index contributed by atoms with van der Waals surface area (Å²) in [4.78, 5) is 23.7. The molecule has 0 aliphatic carbocycles. The van der Waals surface area contributed by atoms with Crippen LogP contribution in [0.15, 0.2) is 47.4 Å². The largest absolute Gasteiger partial charge is 0.327 e. The Kier molecular flexibility index (Phi) is 5.35. The van der Waals surface area contributed by atoms with Crippen LogP contribution < -0.4 is 16.6 Å². The van der Waals surface area contributed by atoms with E-state index in [4.69, 9.17) is 17.3 Å². The SMILES string of the molecule is CC(N)CC(=O)Nc1ccc(=O)n(Cc2ccccc2Cl)c1. The van der Waals surface area contributed by atoms with Crippen molar-refractivity contribution in [1.82, 2.24) is 4.57 Å². The molecule has 0 spiro atoms. The van der Waals surface area contributed by atoms with Crippen molar-refractivity contribution < 1.29 is 4.79 Å². The Morgan fingerprint density at radius 3 is 2.73 bits per heavy atom. The van der Waals surface area contributed by atoms with Gasteiger partial charge in [-0.05, 0) is 24.6 Å². The first-order chi connectivity index (χ1) is 10.5. The number of rotatable bonds is 5. The van der Waals surface area contributed by atoms with Gasteiger partial charge in [-0.15, -0.1) is 0 Å². The highest BCUT2D eigenvalue weighted by Gasteiger charge is 2.07. The first kappa shape index (κ1) is 16.3. The molecular weight excluding hydrogens is 302 g/mol. The van der Waals surface area contributed by atoms with E-state index < -0.39 is 0 Å². The fourth-order valence-corrected chi connectivity index (χ4v) is 2.24. The van der Waals surface area contributed by atoms with Gasteiger partial charge in [-0.1, -0.05) is 29.8 Å². The minimum atomic E-state index is -0.214. The number of nitrogens with one attached hydrogen (secondary N) is 1. The summed E-state index contributed by atoms with van der Waals surface area (Å²) in [6.45, 7) is 2.10. The van der Waals surface area contributed by atoms with Crippen LogP contribution >= 0.6 is 11.6 Å². The number of halogens is 1. The number of carbonyl (C=O) groups is 1. The van der Waals surface area contributed by atoms with E-state index in [0.717, 1.165) is 5.56 Å². The fourth-order valence-electron chi connectivity index (χ4n) is 2.04. The lowest BCUT2D eigenvalue weighted by molar-refractivity contribution is -0.116. The lowest BCUT2D eigenvalue weighted by atomic mass is 10.2. The average Bonchev–Trinajstić information content (AvgIpc) is 2.44. The molecule has 116 valence electrons. The summed E-state index contributed by atoms with van der Waals surface area (Å²) < 4.78 is 1.50. The highest BCUT2D eigenvalue weighted by atomic mass is 35.5. The first-order valence-electron chi connectivity index (χ1n) is 6.95. The Hall–Kier alpha value is -2.11. The zero-order valence-corrected chi connectivity index (χ0v) is 13.0. The number of nitrogens with zero attached hydrogens (tertiary/aromatic N) is 1. The summed E-state index contributed by atoms with van der Waals surface area (Å²) in [6.07, 6.45) is 1.83. The van der Waals surface area contributed by atoms with Crippen molar-refractivity contribution in [3.63, 3.8) is 0 Å². The quantitative estimate of drug-likeness (QED) is 0.887. The predicted octanol–water partition coefficient (Wildman–Crippen LogP) is 2.23. The van der Waals surface area contributed by atoms with Crippen molar-refractivity contribution in [2.75, 3.05) is 5.32 Å². The highest BCUT2D eigenvalue weighted by molar-refractivity contribution is 6.31. The maximum atomic E-state index is 11.9. The Bertz CT molecular complexity index is 725. The molecule has 2 aromatic rings. The second kappa shape index (κ2) is 7.24. The minimum absolute atomic E-state index is 0.162. The Morgan fingerprint density at radius 1 is 1.32 bits per heavy atom. The molecule has 1 atom stereocenters. The number of hydrogen-bond acceptors (Lipinski definition) is 3. The van der Waals surface area contributed by atoms with Crippen molar-refractivity contribution in [3.8, 4) is 0 Å². The minimum Gasteiger partial charge on any atom is -0.327 e. The monoisotopic (exact) mass is 319 g/mol. The average molecular weight is 320 g/mol. The van der Waals surface area contributed by atoms with Crippen molar-refractivity contribution >= 4 is 23.2 Å². The van der Waals surface area contributed by atoms with E-state index in [2.05, 4.69) is 5.32 Å². The molecule has 2 rings (SSSR count). The predicted molar refractivity (Wildman–Crippen MR) is 88.2 cm³/mol. The van der Waals surface area contributed by atoms with Gasteiger partial charge in [0, 0.05) is 29.7 Å². The standard InChI is InChI=1S/C16H18ClN3O2/c1-11(18)8-15(21)19-13-6-7-16(22)20(10-13)9-12-4-2-3-5-14(12)17/h2-7,10-11H,8-9,18H2,1H3,(H,19,21). The smallest absolute Gasteiger partial charge is 0.250 e. The van der Waals surface area contributed by atoms with Crippen molar-refractivity contribution in [3.05, 3.63) is 63.5 Å². The van der Waals surface area contributed by atoms with Crippen LogP contribution in [0, 0.1) is 0 Å². The number of anilines is 1. The van der Waals surface area contributed by atoms with E-state index in [1.807, 2.05) is 18.2 Å². The molecule has 1 heterocycles. The molecule has 0 bridgehead atoms. The summed E-state index contributed by atoms with van der Waals surface area (Å²) in [5.41, 5.74) is 6.82. The second-order valence-electron chi connectivity index (χ2n) is 5.20. The molecule has 1 amide bonds. The van der Waals surface area contributed by atoms with Gasteiger partial charge < -0.3 is 15.6 Å². The van der Waals surface area contributed by atoms with Gasteiger partial charge in [0.25, 0.3) is 5.56 Å². The molecule has 0 saturated heterocycles. The lowest BCUT2D eigenvalue weighted by Crippen LogP contribution is -2.25. The molecule has 0 fully saturated rings. The van der Waals surface area contributed by atoms with Crippen LogP contribution in [0.5, 0.6) is 0 Å². The zero-order valence-electron chi connectivity index (χ0n) is 12.3. The lowest BCUT2D eigenvalue weighted by Gasteiger charge is -2.11. The number of benzene rings is 1. The molecule has 5 nitrogen and oxygen atoms in total. The van der Waals surface area contributed by atoms with E-state index in [9.17, 15) is 9.59 Å². The number of carbonyl (C=O) groups excluding carboxylic acids is 1. The maximum Gasteiger partial charge on any atom is 0.250 e. The third-order valence-corrected chi connectivity index (χ3v) is 3.44. The van der Waals surface area contributed by atoms with Crippen LogP contribution in [0.3, 0.4) is 0 Å². The van der Waals surface area contributed by atoms with Gasteiger partial charge in [0.2, 0.25) is 5.91 Å². The Morgan fingerprint density at radius 2 is 2.05 bits per heavy atom. The number of aromatic nitrogens is 1. The van der Waals surface area contributed by atoms with E-state index in [1.54, 1.807) is 25.3 Å². The third kappa shape index (κ3) is 4.44. The molecule has 1 aromatic heterocycles. The normalized spacial score (nSPS) is 12.0. The van der Waals surface area contributed by atoms with Crippen molar-refractivity contribution in [2.24, 2.45) is 5.73 Å². The third-order valence-electron chi connectivity index (χ3n) is 3.07. The van der Waals surface area contributed by atoms with Crippen molar-refractivity contribution in [2.45, 2.75) is 25.9 Å².